The lowest BCUT2D eigenvalue weighted by atomic mass is 9.89. The highest BCUT2D eigenvalue weighted by molar-refractivity contribution is 5.27. The van der Waals surface area contributed by atoms with E-state index in [0.717, 1.165) is 12.2 Å². The molecule has 0 spiro atoms. The maximum Gasteiger partial charge on any atom is 0.123 e. The molecule has 1 heterocycles. The van der Waals surface area contributed by atoms with Crippen molar-refractivity contribution in [2.75, 3.05) is 6.61 Å². The molecule has 1 aromatic carbocycles. The molecule has 0 radical (unpaired) electrons. The van der Waals surface area contributed by atoms with Gasteiger partial charge in [-0.2, -0.15) is 0 Å². The van der Waals surface area contributed by atoms with Gasteiger partial charge in [0.15, 0.2) is 0 Å². The fraction of sp³-hybridized carbons (Fsp3) is 0.455. The van der Waals surface area contributed by atoms with Crippen LogP contribution in [0.1, 0.15) is 19.4 Å². The molecule has 2 rings (SSSR count). The summed E-state index contributed by atoms with van der Waals surface area (Å²) in [6, 6.07) is 6.59. The van der Waals surface area contributed by atoms with Crippen molar-refractivity contribution in [2.24, 2.45) is 5.92 Å². The van der Waals surface area contributed by atoms with E-state index in [1.807, 2.05) is 12.1 Å². The van der Waals surface area contributed by atoms with Gasteiger partial charge in [0.25, 0.3) is 0 Å². The maximum atomic E-state index is 12.7. The third-order valence-corrected chi connectivity index (χ3v) is 2.72. The van der Waals surface area contributed by atoms with Gasteiger partial charge in [0.05, 0.1) is 6.61 Å². The van der Waals surface area contributed by atoms with Crippen molar-refractivity contribution in [3.63, 3.8) is 0 Å². The number of rotatable bonds is 2. The van der Waals surface area contributed by atoms with Crippen molar-refractivity contribution in [2.45, 2.75) is 19.4 Å². The highest BCUT2D eigenvalue weighted by Crippen LogP contribution is 2.45. The zero-order valence-electron chi connectivity index (χ0n) is 7.88. The van der Waals surface area contributed by atoms with Gasteiger partial charge in [-0.15, -0.1) is 0 Å². The summed E-state index contributed by atoms with van der Waals surface area (Å²) in [5.41, 5.74) is 0.956. The lowest BCUT2D eigenvalue weighted by Gasteiger charge is -2.15. The van der Waals surface area contributed by atoms with Gasteiger partial charge in [-0.3, -0.25) is 0 Å². The van der Waals surface area contributed by atoms with Crippen LogP contribution in [0.25, 0.3) is 0 Å². The number of benzene rings is 1. The topological polar surface area (TPSA) is 12.5 Å². The van der Waals surface area contributed by atoms with Crippen LogP contribution in [-0.4, -0.2) is 6.61 Å². The van der Waals surface area contributed by atoms with E-state index in [9.17, 15) is 4.39 Å². The zero-order valence-corrected chi connectivity index (χ0v) is 7.88. The van der Waals surface area contributed by atoms with Crippen LogP contribution in [-0.2, 0) is 10.3 Å². The first-order chi connectivity index (χ1) is 6.15. The Labute approximate surface area is 77.5 Å². The second kappa shape index (κ2) is 2.81. The standard InChI is InChI=1S/C11H13FO/c1-8(2)11(7-13-11)9-3-5-10(12)6-4-9/h3-6,8H,7H2,1-2H3. The molecule has 0 bridgehead atoms. The van der Waals surface area contributed by atoms with Gasteiger partial charge < -0.3 is 4.74 Å². The van der Waals surface area contributed by atoms with Gasteiger partial charge in [-0.1, -0.05) is 26.0 Å². The summed E-state index contributed by atoms with van der Waals surface area (Å²) < 4.78 is 18.1. The Hall–Kier alpha value is -0.890. The third-order valence-electron chi connectivity index (χ3n) is 2.72. The zero-order chi connectivity index (χ0) is 9.47. The van der Waals surface area contributed by atoms with Crippen molar-refractivity contribution in [3.05, 3.63) is 35.6 Å². The van der Waals surface area contributed by atoms with Crippen LogP contribution in [0.5, 0.6) is 0 Å². The van der Waals surface area contributed by atoms with Gasteiger partial charge in [0.1, 0.15) is 11.4 Å². The second-order valence-electron chi connectivity index (χ2n) is 3.84. The lowest BCUT2D eigenvalue weighted by molar-refractivity contribution is 0.242. The predicted octanol–water partition coefficient (Wildman–Crippen LogP) is 2.71. The maximum absolute atomic E-state index is 12.7. The molecule has 0 saturated carbocycles. The number of ether oxygens (including phenoxy) is 1. The van der Waals surface area contributed by atoms with Crippen molar-refractivity contribution >= 4 is 0 Å². The summed E-state index contributed by atoms with van der Waals surface area (Å²) in [7, 11) is 0. The smallest absolute Gasteiger partial charge is 0.123 e. The van der Waals surface area contributed by atoms with Crippen LogP contribution >= 0.6 is 0 Å². The van der Waals surface area contributed by atoms with Crippen molar-refractivity contribution in [3.8, 4) is 0 Å². The molecule has 1 aromatic rings. The monoisotopic (exact) mass is 180 g/mol. The molecule has 13 heavy (non-hydrogen) atoms. The van der Waals surface area contributed by atoms with E-state index in [-0.39, 0.29) is 11.4 Å². The summed E-state index contributed by atoms with van der Waals surface area (Å²) in [5.74, 6) is 0.251. The average Bonchev–Trinajstić information content (AvgIpc) is 2.86. The quantitative estimate of drug-likeness (QED) is 0.637. The molecule has 1 aliphatic heterocycles. The largest absolute Gasteiger partial charge is 0.364 e. The molecule has 0 N–H and O–H groups in total. The fourth-order valence-electron chi connectivity index (χ4n) is 1.64. The van der Waals surface area contributed by atoms with Crippen molar-refractivity contribution < 1.29 is 9.13 Å². The minimum Gasteiger partial charge on any atom is -0.364 e. The van der Waals surface area contributed by atoms with Gasteiger partial charge in [0.2, 0.25) is 0 Å². The first-order valence-electron chi connectivity index (χ1n) is 4.55. The van der Waals surface area contributed by atoms with Crippen molar-refractivity contribution in [1.82, 2.24) is 0 Å². The van der Waals surface area contributed by atoms with Gasteiger partial charge in [-0.25, -0.2) is 4.39 Å². The number of epoxide rings is 1. The molecular formula is C11H13FO. The van der Waals surface area contributed by atoms with Crippen LogP contribution in [0.4, 0.5) is 4.39 Å². The molecule has 1 saturated heterocycles. The summed E-state index contributed by atoms with van der Waals surface area (Å²) >= 11 is 0. The molecule has 1 fully saturated rings. The number of hydrogen-bond acceptors (Lipinski definition) is 1. The van der Waals surface area contributed by atoms with E-state index < -0.39 is 0 Å². The lowest BCUT2D eigenvalue weighted by Crippen LogP contribution is -2.16. The normalized spacial score (nSPS) is 26.5. The molecule has 70 valence electrons. The molecule has 1 atom stereocenters. The van der Waals surface area contributed by atoms with Crippen molar-refractivity contribution in [1.29, 1.82) is 0 Å². The highest BCUT2D eigenvalue weighted by atomic mass is 19.1. The van der Waals surface area contributed by atoms with Gasteiger partial charge >= 0.3 is 0 Å². The molecule has 0 aliphatic carbocycles. The van der Waals surface area contributed by atoms with Gasteiger partial charge in [0, 0.05) is 0 Å². The minimum atomic E-state index is -0.191. The summed E-state index contributed by atoms with van der Waals surface area (Å²) in [5, 5.41) is 0. The first kappa shape index (κ1) is 8.70. The summed E-state index contributed by atoms with van der Waals surface area (Å²) in [6.07, 6.45) is 0. The molecule has 1 nitrogen and oxygen atoms in total. The van der Waals surface area contributed by atoms with E-state index in [1.54, 1.807) is 0 Å². The molecule has 2 heteroatoms. The van der Waals surface area contributed by atoms with Crippen LogP contribution < -0.4 is 0 Å². The van der Waals surface area contributed by atoms with Gasteiger partial charge in [-0.05, 0) is 23.6 Å². The highest BCUT2D eigenvalue weighted by Gasteiger charge is 2.49. The van der Waals surface area contributed by atoms with Crippen LogP contribution in [0, 0.1) is 11.7 Å². The minimum absolute atomic E-state index is 0.131. The van der Waals surface area contributed by atoms with Crippen LogP contribution in [0.2, 0.25) is 0 Å². The third kappa shape index (κ3) is 1.35. The Bertz CT molecular complexity index is 298. The Morgan fingerprint density at radius 2 is 1.85 bits per heavy atom. The first-order valence-corrected chi connectivity index (χ1v) is 4.55. The summed E-state index contributed by atoms with van der Waals surface area (Å²) in [6.45, 7) is 5.00. The average molecular weight is 180 g/mol. The Morgan fingerprint density at radius 1 is 1.31 bits per heavy atom. The molecule has 1 unspecified atom stereocenters. The molecule has 0 aromatic heterocycles. The second-order valence-corrected chi connectivity index (χ2v) is 3.84. The van der Waals surface area contributed by atoms with Crippen LogP contribution in [0.15, 0.2) is 24.3 Å². The predicted molar refractivity (Wildman–Crippen MR) is 48.9 cm³/mol. The molecular weight excluding hydrogens is 167 g/mol. The summed E-state index contributed by atoms with van der Waals surface area (Å²) in [4.78, 5) is 0. The fourth-order valence-corrected chi connectivity index (χ4v) is 1.64. The van der Waals surface area contributed by atoms with Crippen LogP contribution in [0.3, 0.4) is 0 Å². The van der Waals surface area contributed by atoms with E-state index >= 15 is 0 Å². The van der Waals surface area contributed by atoms with E-state index in [2.05, 4.69) is 13.8 Å². The molecule has 0 amide bonds. The number of halogens is 1. The SMILES string of the molecule is CC(C)C1(c2ccc(F)cc2)CO1. The number of hydrogen-bond donors (Lipinski definition) is 0. The van der Waals surface area contributed by atoms with E-state index in [4.69, 9.17) is 4.74 Å². The molecule has 1 aliphatic rings. The Kier molecular flexibility index (Phi) is 1.88. The van der Waals surface area contributed by atoms with E-state index in [1.165, 1.54) is 12.1 Å². The Balaban J connectivity index is 2.31. The Morgan fingerprint density at radius 3 is 2.23 bits per heavy atom. The van der Waals surface area contributed by atoms with E-state index in [0.29, 0.717) is 5.92 Å².